The van der Waals surface area contributed by atoms with Gasteiger partial charge >= 0.3 is 6.03 Å². The van der Waals surface area contributed by atoms with Crippen molar-refractivity contribution in [3.8, 4) is 0 Å². The van der Waals surface area contributed by atoms with Crippen LogP contribution in [0.5, 0.6) is 0 Å². The standard InChI is InChI=1S/C17H22N4O6/c1-7-3-9-10(4-8(7)2)21(5-11(23)14(25)12(24)6-22)15-13(18-9)16(26)20-17(27)19-15/h3-4,11-14,18,22-25H,5-6H2,1-2H3,(H,20,26,27). The number of nitrogens with zero attached hydrogens (tertiary/aromatic N) is 2. The van der Waals surface area contributed by atoms with E-state index in [4.69, 9.17) is 5.11 Å². The second-order valence-electron chi connectivity index (χ2n) is 6.71. The molecule has 0 fully saturated rings. The van der Waals surface area contributed by atoms with Gasteiger partial charge in [0.25, 0.3) is 5.91 Å². The molecule has 1 aromatic rings. The molecular weight excluding hydrogens is 356 g/mol. The largest absolute Gasteiger partial charge is 0.394 e. The number of fused-ring (bicyclic) bond motifs is 2. The third-order valence-electron chi connectivity index (χ3n) is 4.79. The number of rotatable bonds is 5. The Balaban J connectivity index is 2.04. The van der Waals surface area contributed by atoms with Crippen LogP contribution < -0.4 is 15.5 Å². The summed E-state index contributed by atoms with van der Waals surface area (Å²) in [6.07, 6.45) is -4.62. The van der Waals surface area contributed by atoms with Gasteiger partial charge in [-0.15, -0.1) is 0 Å². The molecule has 3 amide bonds. The van der Waals surface area contributed by atoms with Gasteiger partial charge in [0.05, 0.1) is 24.5 Å². The fourth-order valence-corrected chi connectivity index (χ4v) is 3.11. The van der Waals surface area contributed by atoms with E-state index in [0.717, 1.165) is 11.1 Å². The minimum atomic E-state index is -1.62. The summed E-state index contributed by atoms with van der Waals surface area (Å²) in [6, 6.07) is 1.89. The van der Waals surface area contributed by atoms with Gasteiger partial charge in [0.1, 0.15) is 24.1 Å². The number of urea groups is 1. The van der Waals surface area contributed by atoms with Gasteiger partial charge < -0.3 is 30.6 Å². The number of amides is 3. The van der Waals surface area contributed by atoms with Crippen LogP contribution in [0, 0.1) is 13.8 Å². The zero-order valence-electron chi connectivity index (χ0n) is 14.9. The molecule has 4 unspecified atom stereocenters. The average Bonchev–Trinajstić information content (AvgIpc) is 2.62. The lowest BCUT2D eigenvalue weighted by Gasteiger charge is -2.40. The zero-order valence-corrected chi connectivity index (χ0v) is 14.9. The van der Waals surface area contributed by atoms with Crippen molar-refractivity contribution in [2.75, 3.05) is 23.4 Å². The van der Waals surface area contributed by atoms with E-state index in [1.807, 2.05) is 26.0 Å². The van der Waals surface area contributed by atoms with Crippen molar-refractivity contribution in [2.24, 2.45) is 4.99 Å². The highest BCUT2D eigenvalue weighted by Gasteiger charge is 2.41. The van der Waals surface area contributed by atoms with Gasteiger partial charge in [-0.1, -0.05) is 0 Å². The maximum Gasteiger partial charge on any atom is 0.349 e. The third-order valence-corrected chi connectivity index (χ3v) is 4.79. The summed E-state index contributed by atoms with van der Waals surface area (Å²) in [7, 11) is 0. The van der Waals surface area contributed by atoms with Crippen LogP contribution in [0.4, 0.5) is 16.2 Å². The Morgan fingerprint density at radius 2 is 1.81 bits per heavy atom. The summed E-state index contributed by atoms with van der Waals surface area (Å²) >= 11 is 0. The zero-order chi connectivity index (χ0) is 19.9. The maximum atomic E-state index is 12.2. The van der Waals surface area contributed by atoms with Crippen LogP contribution >= 0.6 is 0 Å². The van der Waals surface area contributed by atoms with E-state index in [1.54, 1.807) is 0 Å². The number of aryl methyl sites for hydroxylation is 2. The van der Waals surface area contributed by atoms with Crippen LogP contribution in [0.1, 0.15) is 11.1 Å². The molecule has 10 nitrogen and oxygen atoms in total. The minimum Gasteiger partial charge on any atom is -0.394 e. The Morgan fingerprint density at radius 1 is 1.15 bits per heavy atom. The number of aliphatic hydroxyl groups excluding tert-OH is 4. The predicted molar refractivity (Wildman–Crippen MR) is 96.8 cm³/mol. The number of nitrogens with one attached hydrogen (secondary N) is 2. The van der Waals surface area contributed by atoms with Crippen molar-refractivity contribution < 1.29 is 30.0 Å². The molecule has 1 aromatic carbocycles. The second kappa shape index (κ2) is 7.24. The Hall–Kier alpha value is -2.53. The van der Waals surface area contributed by atoms with E-state index in [9.17, 15) is 24.9 Å². The van der Waals surface area contributed by atoms with E-state index in [1.165, 1.54) is 4.90 Å². The smallest absolute Gasteiger partial charge is 0.349 e. The highest BCUT2D eigenvalue weighted by atomic mass is 16.4. The number of carbonyl (C=O) groups excluding carboxylic acids is 2. The molecule has 0 bridgehead atoms. The lowest BCUT2D eigenvalue weighted by molar-refractivity contribution is -0.119. The van der Waals surface area contributed by atoms with Crippen molar-refractivity contribution in [1.29, 1.82) is 0 Å². The van der Waals surface area contributed by atoms with E-state index >= 15 is 0 Å². The van der Waals surface area contributed by atoms with Gasteiger partial charge in [0, 0.05) is 0 Å². The van der Waals surface area contributed by atoms with Crippen molar-refractivity contribution in [3.63, 3.8) is 0 Å². The summed E-state index contributed by atoms with van der Waals surface area (Å²) in [4.78, 5) is 29.3. The summed E-state index contributed by atoms with van der Waals surface area (Å²) in [5, 5.41) is 44.0. The highest BCUT2D eigenvalue weighted by molar-refractivity contribution is 6.26. The van der Waals surface area contributed by atoms with E-state index in [0.29, 0.717) is 11.4 Å². The number of anilines is 2. The molecule has 3 rings (SSSR count). The Morgan fingerprint density at radius 3 is 2.48 bits per heavy atom. The Bertz CT molecular complexity index is 811. The first kappa shape index (κ1) is 19.2. The molecule has 4 atom stereocenters. The van der Waals surface area contributed by atoms with Crippen molar-refractivity contribution in [3.05, 3.63) is 23.3 Å². The van der Waals surface area contributed by atoms with E-state index < -0.39 is 42.9 Å². The first-order valence-electron chi connectivity index (χ1n) is 8.46. The van der Waals surface area contributed by atoms with Crippen LogP contribution in [-0.4, -0.2) is 75.7 Å². The van der Waals surface area contributed by atoms with Crippen molar-refractivity contribution >= 4 is 29.1 Å². The molecule has 27 heavy (non-hydrogen) atoms. The number of amidine groups is 1. The monoisotopic (exact) mass is 378 g/mol. The average molecular weight is 378 g/mol. The molecule has 10 heteroatoms. The van der Waals surface area contributed by atoms with E-state index in [2.05, 4.69) is 15.6 Å². The van der Waals surface area contributed by atoms with Gasteiger partial charge in [-0.25, -0.2) is 4.79 Å². The van der Waals surface area contributed by atoms with Gasteiger partial charge in [0.15, 0.2) is 6.04 Å². The first-order chi connectivity index (χ1) is 12.7. The van der Waals surface area contributed by atoms with Gasteiger partial charge in [0.2, 0.25) is 0 Å². The number of benzene rings is 1. The Kier molecular flexibility index (Phi) is 5.16. The van der Waals surface area contributed by atoms with Gasteiger partial charge in [-0.05, 0) is 37.1 Å². The number of hydrogen-bond acceptors (Lipinski definition) is 8. The molecular formula is C17H22N4O6. The number of aliphatic imine (C=N–C) groups is 1. The SMILES string of the molecule is Cc1cc2c(cc1C)N(CC(O)C(O)C(O)CO)C1=NC(=O)NC(=O)C1N2. The summed E-state index contributed by atoms with van der Waals surface area (Å²) < 4.78 is 0. The lowest BCUT2D eigenvalue weighted by Crippen LogP contribution is -2.60. The molecule has 0 aliphatic carbocycles. The van der Waals surface area contributed by atoms with Crippen LogP contribution in [0.2, 0.25) is 0 Å². The molecule has 6 N–H and O–H groups in total. The number of hydrogen-bond donors (Lipinski definition) is 6. The van der Waals surface area contributed by atoms with Crippen LogP contribution in [0.25, 0.3) is 0 Å². The number of aliphatic hydroxyl groups is 4. The maximum absolute atomic E-state index is 12.2. The molecule has 2 aliphatic heterocycles. The van der Waals surface area contributed by atoms with Gasteiger partial charge in [-0.3, -0.25) is 10.1 Å². The quantitative estimate of drug-likeness (QED) is 0.367. The first-order valence-corrected chi connectivity index (χ1v) is 8.46. The van der Waals surface area contributed by atoms with Crippen LogP contribution in [0.15, 0.2) is 17.1 Å². The normalized spacial score (nSPS) is 22.1. The summed E-state index contributed by atoms with van der Waals surface area (Å²) in [6.45, 7) is 2.83. The molecule has 0 spiro atoms. The molecule has 0 saturated carbocycles. The van der Waals surface area contributed by atoms with Crippen LogP contribution in [0.3, 0.4) is 0 Å². The topological polar surface area (TPSA) is 155 Å². The molecule has 0 aromatic heterocycles. The van der Waals surface area contributed by atoms with Crippen molar-refractivity contribution in [2.45, 2.75) is 38.2 Å². The Labute approximate surface area is 155 Å². The molecule has 146 valence electrons. The summed E-state index contributed by atoms with van der Waals surface area (Å²) in [5.41, 5.74) is 3.10. The lowest BCUT2D eigenvalue weighted by atomic mass is 10.00. The highest BCUT2D eigenvalue weighted by Crippen LogP contribution is 2.35. The number of imide groups is 1. The minimum absolute atomic E-state index is 0.0873. The van der Waals surface area contributed by atoms with E-state index in [-0.39, 0.29) is 12.4 Å². The molecule has 2 heterocycles. The fraction of sp³-hybridized carbons (Fsp3) is 0.471. The van der Waals surface area contributed by atoms with Crippen molar-refractivity contribution in [1.82, 2.24) is 5.32 Å². The fourth-order valence-electron chi connectivity index (χ4n) is 3.11. The number of carbonyl (C=O) groups is 2. The number of β-amino-alcohol motifs (C(OH)–C–C–N with tert-alkyl or cyclic N) is 1. The summed E-state index contributed by atoms with van der Waals surface area (Å²) in [5.74, 6) is -0.492. The molecule has 0 radical (unpaired) electrons. The van der Waals surface area contributed by atoms with Gasteiger partial charge in [-0.2, -0.15) is 4.99 Å². The second-order valence-corrected chi connectivity index (χ2v) is 6.71. The molecule has 2 aliphatic rings. The van der Waals surface area contributed by atoms with Crippen LogP contribution in [-0.2, 0) is 4.79 Å². The molecule has 0 saturated heterocycles. The third kappa shape index (κ3) is 3.52. The predicted octanol–water partition coefficient (Wildman–Crippen LogP) is -1.37.